The number of benzene rings is 1. The molecule has 1 aromatic carbocycles. The fourth-order valence-electron chi connectivity index (χ4n) is 2.25. The zero-order chi connectivity index (χ0) is 18.6. The topological polar surface area (TPSA) is 94.5 Å². The van der Waals surface area contributed by atoms with Crippen molar-refractivity contribution in [3.63, 3.8) is 0 Å². The summed E-state index contributed by atoms with van der Waals surface area (Å²) in [5.41, 5.74) is 1.28. The molecule has 2 aromatic rings. The fourth-order valence-corrected chi connectivity index (χ4v) is 2.25. The average Bonchev–Trinajstić information content (AvgIpc) is 2.95. The number of hydrogen-bond acceptors (Lipinski definition) is 5. The van der Waals surface area contributed by atoms with Crippen molar-refractivity contribution in [2.24, 2.45) is 7.05 Å². The highest BCUT2D eigenvalue weighted by molar-refractivity contribution is 6.04. The van der Waals surface area contributed by atoms with E-state index in [1.54, 1.807) is 31.3 Å². The molecule has 25 heavy (non-hydrogen) atoms. The normalized spacial score (nSPS) is 10.2. The number of esters is 1. The third-order valence-corrected chi connectivity index (χ3v) is 3.54. The molecule has 1 N–H and O–H groups in total. The lowest BCUT2D eigenvalue weighted by molar-refractivity contribution is -0.119. The Morgan fingerprint density at radius 2 is 1.76 bits per heavy atom. The maximum Gasteiger partial charge on any atom is 0.355 e. The van der Waals surface area contributed by atoms with Gasteiger partial charge in [0.05, 0.1) is 5.69 Å². The Kier molecular flexibility index (Phi) is 5.49. The first-order valence-corrected chi connectivity index (χ1v) is 7.54. The molecule has 0 spiro atoms. The van der Waals surface area contributed by atoms with Crippen LogP contribution in [0, 0.1) is 0 Å². The van der Waals surface area contributed by atoms with Gasteiger partial charge in [0, 0.05) is 24.4 Å². The number of ketones is 2. The number of ether oxygens (including phenoxy) is 1. The average molecular weight is 342 g/mol. The predicted octanol–water partition coefficient (Wildman–Crippen LogP) is 2.23. The number of carbonyl (C=O) groups excluding carboxylic acids is 4. The summed E-state index contributed by atoms with van der Waals surface area (Å²) in [6.07, 6.45) is 1.52. The zero-order valence-corrected chi connectivity index (χ0v) is 14.2. The summed E-state index contributed by atoms with van der Waals surface area (Å²) in [5.74, 6) is -1.64. The Morgan fingerprint density at radius 3 is 2.36 bits per heavy atom. The van der Waals surface area contributed by atoms with Crippen molar-refractivity contribution in [1.29, 1.82) is 0 Å². The van der Waals surface area contributed by atoms with E-state index in [1.165, 1.54) is 30.7 Å². The molecule has 0 saturated heterocycles. The van der Waals surface area contributed by atoms with E-state index < -0.39 is 18.5 Å². The molecule has 0 saturated carbocycles. The molecule has 0 radical (unpaired) electrons. The monoisotopic (exact) mass is 342 g/mol. The molecule has 0 bridgehead atoms. The summed E-state index contributed by atoms with van der Waals surface area (Å²) in [7, 11) is 1.60. The number of rotatable bonds is 6. The molecule has 7 heteroatoms. The van der Waals surface area contributed by atoms with Gasteiger partial charge in [-0.1, -0.05) is 12.1 Å². The summed E-state index contributed by atoms with van der Waals surface area (Å²) in [4.78, 5) is 46.9. The molecule has 7 nitrogen and oxygen atoms in total. The maximum atomic E-state index is 12.0. The van der Waals surface area contributed by atoms with E-state index >= 15 is 0 Å². The number of amides is 1. The van der Waals surface area contributed by atoms with E-state index in [-0.39, 0.29) is 17.3 Å². The molecular formula is C18H18N2O5. The van der Waals surface area contributed by atoms with Gasteiger partial charge in [0.2, 0.25) is 0 Å². The number of hydrogen-bond donors (Lipinski definition) is 1. The summed E-state index contributed by atoms with van der Waals surface area (Å²) >= 11 is 0. The number of Topliss-reactive ketones (excluding diaryl/α,β-unsaturated/α-hetero) is 2. The first-order chi connectivity index (χ1) is 11.8. The van der Waals surface area contributed by atoms with Gasteiger partial charge >= 0.3 is 5.97 Å². The number of aryl methyl sites for hydroxylation is 1. The van der Waals surface area contributed by atoms with Crippen LogP contribution in [0.25, 0.3) is 0 Å². The van der Waals surface area contributed by atoms with Crippen LogP contribution in [-0.2, 0) is 16.6 Å². The SMILES string of the molecule is CC(=O)c1cc(C(=O)OCC(=O)Nc2ccccc2C(C)=O)n(C)c1. The molecule has 0 atom stereocenters. The summed E-state index contributed by atoms with van der Waals surface area (Å²) in [6, 6.07) is 7.97. The Morgan fingerprint density at radius 1 is 1.08 bits per heavy atom. The molecule has 0 aliphatic carbocycles. The van der Waals surface area contributed by atoms with Crippen molar-refractivity contribution in [3.05, 3.63) is 53.3 Å². The highest BCUT2D eigenvalue weighted by Crippen LogP contribution is 2.15. The Balaban J connectivity index is 2.00. The third kappa shape index (κ3) is 4.41. The zero-order valence-electron chi connectivity index (χ0n) is 14.2. The molecule has 0 fully saturated rings. The second-order valence-corrected chi connectivity index (χ2v) is 5.51. The smallest absolute Gasteiger partial charge is 0.355 e. The number of nitrogens with one attached hydrogen (secondary N) is 1. The van der Waals surface area contributed by atoms with Crippen molar-refractivity contribution in [3.8, 4) is 0 Å². The van der Waals surface area contributed by atoms with Crippen LogP contribution < -0.4 is 5.32 Å². The summed E-state index contributed by atoms with van der Waals surface area (Å²) in [6.45, 7) is 2.28. The number of aromatic nitrogens is 1. The molecule has 1 amide bonds. The van der Waals surface area contributed by atoms with Crippen LogP contribution in [0.2, 0.25) is 0 Å². The molecule has 0 unspecified atom stereocenters. The van der Waals surface area contributed by atoms with Crippen LogP contribution in [-0.4, -0.2) is 34.6 Å². The van der Waals surface area contributed by atoms with Crippen molar-refractivity contribution >= 4 is 29.1 Å². The molecule has 2 rings (SSSR count). The minimum absolute atomic E-state index is 0.169. The van der Waals surface area contributed by atoms with Gasteiger partial charge in [0.15, 0.2) is 18.2 Å². The molecule has 130 valence electrons. The van der Waals surface area contributed by atoms with Gasteiger partial charge in [0.25, 0.3) is 5.91 Å². The quantitative estimate of drug-likeness (QED) is 0.642. The van der Waals surface area contributed by atoms with Crippen LogP contribution in [0.5, 0.6) is 0 Å². The minimum Gasteiger partial charge on any atom is -0.451 e. The van der Waals surface area contributed by atoms with E-state index in [0.717, 1.165) is 0 Å². The highest BCUT2D eigenvalue weighted by Gasteiger charge is 2.17. The Hall–Kier alpha value is -3.22. The largest absolute Gasteiger partial charge is 0.451 e. The number of carbonyl (C=O) groups is 4. The van der Waals surface area contributed by atoms with Gasteiger partial charge in [-0.25, -0.2) is 4.79 Å². The standard InChI is InChI=1S/C18H18N2O5/c1-11(21)13-8-16(20(3)9-13)18(24)25-10-17(23)19-15-7-5-4-6-14(15)12(2)22/h4-9H,10H2,1-3H3,(H,19,23). The van der Waals surface area contributed by atoms with E-state index in [4.69, 9.17) is 4.74 Å². The number of anilines is 1. The Labute approximate surface area is 144 Å². The Bertz CT molecular complexity index is 851. The van der Waals surface area contributed by atoms with Crippen molar-refractivity contribution < 1.29 is 23.9 Å². The van der Waals surface area contributed by atoms with Gasteiger partial charge in [-0.2, -0.15) is 0 Å². The molecule has 1 aromatic heterocycles. The highest BCUT2D eigenvalue weighted by atomic mass is 16.5. The molecular weight excluding hydrogens is 324 g/mol. The lowest BCUT2D eigenvalue weighted by atomic mass is 10.1. The van der Waals surface area contributed by atoms with Crippen LogP contribution >= 0.6 is 0 Å². The number of para-hydroxylation sites is 1. The van der Waals surface area contributed by atoms with Crippen molar-refractivity contribution in [2.45, 2.75) is 13.8 Å². The third-order valence-electron chi connectivity index (χ3n) is 3.54. The van der Waals surface area contributed by atoms with Crippen molar-refractivity contribution in [2.75, 3.05) is 11.9 Å². The van der Waals surface area contributed by atoms with Crippen molar-refractivity contribution in [1.82, 2.24) is 4.57 Å². The van der Waals surface area contributed by atoms with Crippen LogP contribution in [0.15, 0.2) is 36.5 Å². The number of nitrogens with zero attached hydrogens (tertiary/aromatic N) is 1. The van der Waals surface area contributed by atoms with Crippen LogP contribution in [0.1, 0.15) is 45.1 Å². The van der Waals surface area contributed by atoms with E-state index in [2.05, 4.69) is 5.32 Å². The predicted molar refractivity (Wildman–Crippen MR) is 90.8 cm³/mol. The van der Waals surface area contributed by atoms with Gasteiger partial charge < -0.3 is 14.6 Å². The van der Waals surface area contributed by atoms with Gasteiger partial charge in [-0.05, 0) is 32.0 Å². The fraction of sp³-hybridized carbons (Fsp3) is 0.222. The lowest BCUT2D eigenvalue weighted by Gasteiger charge is -2.09. The second kappa shape index (κ2) is 7.57. The first kappa shape index (κ1) is 18.1. The lowest BCUT2D eigenvalue weighted by Crippen LogP contribution is -2.22. The van der Waals surface area contributed by atoms with E-state index in [9.17, 15) is 19.2 Å². The summed E-state index contributed by atoms with van der Waals surface area (Å²) in [5, 5.41) is 2.54. The summed E-state index contributed by atoms with van der Waals surface area (Å²) < 4.78 is 6.43. The molecule has 1 heterocycles. The molecule has 0 aliphatic heterocycles. The first-order valence-electron chi connectivity index (χ1n) is 7.54. The van der Waals surface area contributed by atoms with E-state index in [1.807, 2.05) is 0 Å². The minimum atomic E-state index is -0.718. The maximum absolute atomic E-state index is 12.0. The van der Waals surface area contributed by atoms with Gasteiger partial charge in [0.1, 0.15) is 5.69 Å². The van der Waals surface area contributed by atoms with Gasteiger partial charge in [-0.15, -0.1) is 0 Å². The van der Waals surface area contributed by atoms with Gasteiger partial charge in [-0.3, -0.25) is 14.4 Å². The van der Waals surface area contributed by atoms with E-state index in [0.29, 0.717) is 16.8 Å². The molecule has 0 aliphatic rings. The second-order valence-electron chi connectivity index (χ2n) is 5.51. The van der Waals surface area contributed by atoms with Crippen LogP contribution in [0.4, 0.5) is 5.69 Å². The van der Waals surface area contributed by atoms with Crippen LogP contribution in [0.3, 0.4) is 0 Å².